The van der Waals surface area contributed by atoms with Crippen LogP contribution in [-0.2, 0) is 19.4 Å². The van der Waals surface area contributed by atoms with Gasteiger partial charge in [0.15, 0.2) is 0 Å². The molecule has 1 aliphatic heterocycles. The highest BCUT2D eigenvalue weighted by atomic mass is 35.5. The number of aryl methyl sites for hydroxylation is 1. The average molecular weight is 374 g/mol. The fourth-order valence-electron chi connectivity index (χ4n) is 2.58. The van der Waals surface area contributed by atoms with Crippen molar-refractivity contribution in [2.24, 2.45) is 0 Å². The van der Waals surface area contributed by atoms with Crippen molar-refractivity contribution in [1.82, 2.24) is 10.3 Å². The van der Waals surface area contributed by atoms with Gasteiger partial charge in [0.2, 0.25) is 0 Å². The lowest BCUT2D eigenvalue weighted by atomic mass is 9.97. The predicted molar refractivity (Wildman–Crippen MR) is 100 cm³/mol. The second kappa shape index (κ2) is 9.11. The van der Waals surface area contributed by atoms with E-state index in [1.165, 1.54) is 0 Å². The Morgan fingerprint density at radius 1 is 1.39 bits per heavy atom. The predicted octanol–water partition coefficient (Wildman–Crippen LogP) is 3.84. The molecule has 3 rings (SSSR count). The maximum Gasteiger partial charge on any atom is 0.251 e. The Morgan fingerprint density at radius 2 is 2.22 bits per heavy atom. The topological polar surface area (TPSA) is 54.0 Å². The number of hydrogen-bond donors (Lipinski definition) is 2. The Kier molecular flexibility index (Phi) is 7.82. The van der Waals surface area contributed by atoms with E-state index in [2.05, 4.69) is 22.5 Å². The van der Waals surface area contributed by atoms with Gasteiger partial charge in [-0.05, 0) is 37.0 Å². The second-order valence-corrected chi connectivity index (χ2v) is 6.07. The van der Waals surface area contributed by atoms with Crippen LogP contribution in [0.3, 0.4) is 0 Å². The molecular formula is C16H21Cl2N3OS. The number of aromatic nitrogens is 1. The van der Waals surface area contributed by atoms with Crippen molar-refractivity contribution in [2.75, 3.05) is 11.9 Å². The number of nitrogens with one attached hydrogen (secondary N) is 2. The number of anilines is 1. The number of thiazole rings is 1. The number of rotatable bonds is 4. The molecule has 1 amide bonds. The molecule has 1 aromatic heterocycles. The van der Waals surface area contributed by atoms with Crippen molar-refractivity contribution < 1.29 is 4.79 Å². The average Bonchev–Trinajstić information content (AvgIpc) is 3.00. The molecule has 0 saturated heterocycles. The second-order valence-electron chi connectivity index (χ2n) is 5.13. The molecule has 0 unspecified atom stereocenters. The molecule has 0 atom stereocenters. The number of halogens is 2. The SMILES string of the molecule is CCc1nc(CNC(=O)c2cccc3c2CCCN3)cs1.Cl.Cl. The zero-order chi connectivity index (χ0) is 14.7. The number of hydrogen-bond acceptors (Lipinski definition) is 4. The molecular weight excluding hydrogens is 353 g/mol. The third kappa shape index (κ3) is 4.59. The number of benzene rings is 1. The van der Waals surface area contributed by atoms with Crippen LogP contribution in [0, 0.1) is 0 Å². The zero-order valence-electron chi connectivity index (χ0n) is 12.9. The molecule has 1 aliphatic rings. The first kappa shape index (κ1) is 19.7. The lowest BCUT2D eigenvalue weighted by Crippen LogP contribution is -2.25. The smallest absolute Gasteiger partial charge is 0.251 e. The van der Waals surface area contributed by atoms with E-state index in [9.17, 15) is 4.79 Å². The number of carbonyl (C=O) groups excluding carboxylic acids is 1. The van der Waals surface area contributed by atoms with Gasteiger partial charge < -0.3 is 10.6 Å². The summed E-state index contributed by atoms with van der Waals surface area (Å²) in [6, 6.07) is 5.88. The first-order chi connectivity index (χ1) is 10.3. The van der Waals surface area contributed by atoms with Crippen molar-refractivity contribution in [1.29, 1.82) is 0 Å². The highest BCUT2D eigenvalue weighted by Crippen LogP contribution is 2.25. The first-order valence-electron chi connectivity index (χ1n) is 7.35. The summed E-state index contributed by atoms with van der Waals surface area (Å²) in [5.41, 5.74) is 3.95. The summed E-state index contributed by atoms with van der Waals surface area (Å²) in [5, 5.41) is 9.46. The maximum atomic E-state index is 12.4. The summed E-state index contributed by atoms with van der Waals surface area (Å²) in [6.07, 6.45) is 2.97. The van der Waals surface area contributed by atoms with Crippen LogP contribution in [0.25, 0.3) is 0 Å². The number of nitrogens with zero attached hydrogens (tertiary/aromatic N) is 1. The first-order valence-corrected chi connectivity index (χ1v) is 8.23. The number of fused-ring (bicyclic) bond motifs is 1. The van der Waals surface area contributed by atoms with Gasteiger partial charge in [-0.15, -0.1) is 36.2 Å². The summed E-state index contributed by atoms with van der Waals surface area (Å²) in [7, 11) is 0. The van der Waals surface area contributed by atoms with Gasteiger partial charge in [0.25, 0.3) is 5.91 Å². The van der Waals surface area contributed by atoms with Gasteiger partial charge in [-0.2, -0.15) is 0 Å². The normalized spacial score (nSPS) is 12.2. The van der Waals surface area contributed by atoms with Crippen LogP contribution in [0.1, 0.15) is 40.0 Å². The molecule has 126 valence electrons. The molecule has 0 radical (unpaired) electrons. The summed E-state index contributed by atoms with van der Waals surface area (Å²) in [4.78, 5) is 16.9. The van der Waals surface area contributed by atoms with Gasteiger partial charge in [-0.25, -0.2) is 4.98 Å². The zero-order valence-corrected chi connectivity index (χ0v) is 15.4. The molecule has 0 fully saturated rings. The van der Waals surface area contributed by atoms with Crippen LogP contribution < -0.4 is 10.6 Å². The molecule has 0 spiro atoms. The Labute approximate surface area is 152 Å². The van der Waals surface area contributed by atoms with Gasteiger partial charge in [-0.3, -0.25) is 4.79 Å². The van der Waals surface area contributed by atoms with Crippen LogP contribution in [0.5, 0.6) is 0 Å². The Bertz CT molecular complexity index is 661. The van der Waals surface area contributed by atoms with Crippen molar-refractivity contribution in [3.63, 3.8) is 0 Å². The fraction of sp³-hybridized carbons (Fsp3) is 0.375. The van der Waals surface area contributed by atoms with Crippen LogP contribution in [0.15, 0.2) is 23.6 Å². The van der Waals surface area contributed by atoms with E-state index in [1.54, 1.807) is 11.3 Å². The summed E-state index contributed by atoms with van der Waals surface area (Å²) < 4.78 is 0. The largest absolute Gasteiger partial charge is 0.385 e. The van der Waals surface area contributed by atoms with E-state index < -0.39 is 0 Å². The molecule has 2 heterocycles. The van der Waals surface area contributed by atoms with E-state index >= 15 is 0 Å². The summed E-state index contributed by atoms with van der Waals surface area (Å²) in [5.74, 6) is -0.0124. The maximum absolute atomic E-state index is 12.4. The minimum absolute atomic E-state index is 0. The molecule has 2 aromatic rings. The highest BCUT2D eigenvalue weighted by molar-refractivity contribution is 7.09. The Hall–Kier alpha value is -1.30. The monoisotopic (exact) mass is 373 g/mol. The molecule has 7 heteroatoms. The molecule has 0 saturated carbocycles. The summed E-state index contributed by atoms with van der Waals surface area (Å²) in [6.45, 7) is 3.56. The van der Waals surface area contributed by atoms with Crippen LogP contribution in [0.4, 0.5) is 5.69 Å². The van der Waals surface area contributed by atoms with Crippen LogP contribution in [0.2, 0.25) is 0 Å². The van der Waals surface area contributed by atoms with Gasteiger partial charge in [-0.1, -0.05) is 13.0 Å². The van der Waals surface area contributed by atoms with Crippen molar-refractivity contribution >= 4 is 47.7 Å². The van der Waals surface area contributed by atoms with Gasteiger partial charge in [0.05, 0.1) is 17.2 Å². The molecule has 2 N–H and O–H groups in total. The van der Waals surface area contributed by atoms with E-state index in [4.69, 9.17) is 0 Å². The standard InChI is InChI=1S/C16H19N3OS.2ClH/c1-2-15-19-11(10-21-15)9-18-16(20)13-5-3-7-14-12(13)6-4-8-17-14;;/h3,5,7,10,17H,2,4,6,8-9H2,1H3,(H,18,20);2*1H. The van der Waals surface area contributed by atoms with Crippen molar-refractivity contribution in [2.45, 2.75) is 32.7 Å². The van der Waals surface area contributed by atoms with Crippen molar-refractivity contribution in [3.8, 4) is 0 Å². The number of carbonyl (C=O) groups is 1. The third-order valence-electron chi connectivity index (χ3n) is 3.67. The van der Waals surface area contributed by atoms with E-state index in [1.807, 2.05) is 23.6 Å². The van der Waals surface area contributed by atoms with E-state index in [0.717, 1.165) is 53.3 Å². The minimum Gasteiger partial charge on any atom is -0.385 e. The molecule has 0 aliphatic carbocycles. The molecule has 23 heavy (non-hydrogen) atoms. The number of amides is 1. The highest BCUT2D eigenvalue weighted by Gasteiger charge is 2.17. The molecule has 4 nitrogen and oxygen atoms in total. The van der Waals surface area contributed by atoms with Gasteiger partial charge in [0, 0.05) is 23.2 Å². The Balaban J connectivity index is 0.00000132. The van der Waals surface area contributed by atoms with Crippen LogP contribution >= 0.6 is 36.2 Å². The van der Waals surface area contributed by atoms with Crippen molar-refractivity contribution in [3.05, 3.63) is 45.4 Å². The Morgan fingerprint density at radius 3 is 2.96 bits per heavy atom. The van der Waals surface area contributed by atoms with Gasteiger partial charge in [0.1, 0.15) is 0 Å². The minimum atomic E-state index is -0.0124. The summed E-state index contributed by atoms with van der Waals surface area (Å²) >= 11 is 1.65. The van der Waals surface area contributed by atoms with Crippen LogP contribution in [-0.4, -0.2) is 17.4 Å². The van der Waals surface area contributed by atoms with E-state index in [-0.39, 0.29) is 30.7 Å². The lowest BCUT2D eigenvalue weighted by Gasteiger charge is -2.20. The molecule has 1 aromatic carbocycles. The third-order valence-corrected chi connectivity index (χ3v) is 4.71. The fourth-order valence-corrected chi connectivity index (χ4v) is 3.33. The quantitative estimate of drug-likeness (QED) is 0.855. The molecule has 0 bridgehead atoms. The lowest BCUT2D eigenvalue weighted by molar-refractivity contribution is 0.0949. The van der Waals surface area contributed by atoms with Gasteiger partial charge >= 0.3 is 0 Å². The van der Waals surface area contributed by atoms with E-state index in [0.29, 0.717) is 6.54 Å².